The number of amides is 3. The molecule has 5 rings (SSSR count). The van der Waals surface area contributed by atoms with E-state index in [0.717, 1.165) is 34.1 Å². The molecule has 0 bridgehead atoms. The van der Waals surface area contributed by atoms with Gasteiger partial charge in [0, 0.05) is 36.5 Å². The van der Waals surface area contributed by atoms with Crippen LogP contribution < -0.4 is 21.8 Å². The Morgan fingerprint density at radius 1 is 1.22 bits per heavy atom. The number of aryl methyl sites for hydroxylation is 1. The number of carboxylic acids is 2. The molecule has 50 heavy (non-hydrogen) atoms. The second-order valence-electron chi connectivity index (χ2n) is 11.3. The van der Waals surface area contributed by atoms with E-state index in [1.807, 2.05) is 0 Å². The number of hydrogen-bond donors (Lipinski definition) is 7. The Morgan fingerprint density at radius 3 is 2.52 bits per heavy atom. The minimum atomic E-state index is -1.83. The monoisotopic (exact) mass is 749 g/mol. The van der Waals surface area contributed by atoms with Gasteiger partial charge >= 0.3 is 11.9 Å². The summed E-state index contributed by atoms with van der Waals surface area (Å²) in [5, 5.41) is 48.1. The van der Waals surface area contributed by atoms with E-state index in [1.54, 1.807) is 6.92 Å². The highest BCUT2D eigenvalue weighted by Crippen LogP contribution is 2.41. The lowest BCUT2D eigenvalue weighted by Gasteiger charge is -2.49. The number of anilines is 1. The number of hydrogen-bond acceptors (Lipinski definition) is 14. The number of aromatic hydroxyl groups is 2. The summed E-state index contributed by atoms with van der Waals surface area (Å²) in [4.78, 5) is 87.0. The van der Waals surface area contributed by atoms with Crippen LogP contribution >= 0.6 is 34.7 Å². The Labute approximate surface area is 294 Å². The van der Waals surface area contributed by atoms with Gasteiger partial charge in [-0.15, -0.1) is 23.1 Å². The normalized spacial score (nSPS) is 17.6. The summed E-state index contributed by atoms with van der Waals surface area (Å²) in [5.74, 6) is -6.80. The molecule has 1 aromatic carbocycles. The van der Waals surface area contributed by atoms with Crippen LogP contribution in [0.2, 0.25) is 5.02 Å². The molecule has 8 N–H and O–H groups in total. The first-order valence-electron chi connectivity index (χ1n) is 14.5. The van der Waals surface area contributed by atoms with Gasteiger partial charge in [-0.05, 0) is 26.3 Å². The Morgan fingerprint density at radius 2 is 1.92 bits per heavy atom. The van der Waals surface area contributed by atoms with Crippen molar-refractivity contribution in [2.45, 2.75) is 44.3 Å². The third kappa shape index (κ3) is 6.39. The van der Waals surface area contributed by atoms with Crippen LogP contribution in [-0.2, 0) is 30.6 Å². The maximum Gasteiger partial charge on any atom is 0.352 e. The first kappa shape index (κ1) is 36.0. The molecule has 2 atom stereocenters. The number of phenolic OH excluding ortho intramolecular Hbond substituents is 2. The standard InChI is InChI=1S/C29H28ClN7O11S2/c1-4-36-7-11(20(39)15-13(36)5-14(38)21(40)16(15)30)22(41)32-6-10-8-49-25-18(24(43)37(25)19(10)26(44)45)34-23(42)17(12-9-50-28(31)33-12)35-48-29(2,3)27(46)47/h5,7,9,18,25,38,40H,4,6,8H2,1-3H3,(H2,31,33)(H,32,41)(H,34,42)(H,44,45)(H,46,47)/b35-17-/t18-,25-/m1/s1. The van der Waals surface area contributed by atoms with Crippen LogP contribution in [0.5, 0.6) is 11.5 Å². The molecule has 1 fully saturated rings. The summed E-state index contributed by atoms with van der Waals surface area (Å²) in [6.45, 7) is 3.98. The fourth-order valence-corrected chi connectivity index (χ4v) is 7.18. The number of aromatic nitrogens is 2. The Balaban J connectivity index is 1.36. The van der Waals surface area contributed by atoms with Crippen molar-refractivity contribution in [3.63, 3.8) is 0 Å². The van der Waals surface area contributed by atoms with Crippen LogP contribution in [0.25, 0.3) is 10.9 Å². The topological polar surface area (TPSA) is 276 Å². The van der Waals surface area contributed by atoms with Crippen molar-refractivity contribution < 1.29 is 49.2 Å². The van der Waals surface area contributed by atoms with Crippen molar-refractivity contribution in [2.24, 2.45) is 5.16 Å². The van der Waals surface area contributed by atoms with Gasteiger partial charge in [0.15, 0.2) is 22.3 Å². The molecule has 2 aliphatic rings. The van der Waals surface area contributed by atoms with Gasteiger partial charge in [0.1, 0.15) is 28.4 Å². The van der Waals surface area contributed by atoms with E-state index in [9.17, 15) is 49.2 Å². The van der Waals surface area contributed by atoms with E-state index in [0.29, 0.717) is 0 Å². The number of nitrogens with zero attached hydrogens (tertiary/aromatic N) is 4. The first-order chi connectivity index (χ1) is 23.5. The molecule has 264 valence electrons. The van der Waals surface area contributed by atoms with Crippen LogP contribution in [0.4, 0.5) is 5.13 Å². The quantitative estimate of drug-likeness (QED) is 0.0621. The molecular weight excluding hydrogens is 722 g/mol. The number of carboxylic acid groups (broad SMARTS) is 2. The number of thiazole rings is 1. The van der Waals surface area contributed by atoms with Gasteiger partial charge in [-0.3, -0.25) is 24.1 Å². The predicted molar refractivity (Wildman–Crippen MR) is 180 cm³/mol. The van der Waals surface area contributed by atoms with E-state index in [2.05, 4.69) is 20.8 Å². The number of nitrogen functional groups attached to an aromatic ring is 1. The summed E-state index contributed by atoms with van der Waals surface area (Å²) in [5.41, 5.74) is 1.99. The zero-order chi connectivity index (χ0) is 36.8. The first-order valence-corrected chi connectivity index (χ1v) is 16.8. The van der Waals surface area contributed by atoms with Crippen LogP contribution in [0.1, 0.15) is 36.8 Å². The Hall–Kier alpha value is -5.34. The molecule has 1 saturated heterocycles. The maximum atomic E-state index is 13.3. The molecule has 2 aliphatic heterocycles. The molecular formula is C29H28ClN7O11S2. The molecule has 3 amide bonds. The van der Waals surface area contributed by atoms with Crippen molar-refractivity contribution in [2.75, 3.05) is 18.0 Å². The molecule has 2 aromatic heterocycles. The van der Waals surface area contributed by atoms with Crippen LogP contribution in [-0.4, -0.2) is 99.6 Å². The van der Waals surface area contributed by atoms with Crippen molar-refractivity contribution in [1.29, 1.82) is 0 Å². The third-order valence-electron chi connectivity index (χ3n) is 7.71. The number of benzene rings is 1. The zero-order valence-corrected chi connectivity index (χ0v) is 28.6. The molecule has 0 radical (unpaired) electrons. The highest BCUT2D eigenvalue weighted by Gasteiger charge is 2.54. The van der Waals surface area contributed by atoms with Gasteiger partial charge in [0.25, 0.3) is 17.7 Å². The predicted octanol–water partition coefficient (Wildman–Crippen LogP) is 0.877. The van der Waals surface area contributed by atoms with Gasteiger partial charge in [-0.2, -0.15) is 0 Å². The van der Waals surface area contributed by atoms with Crippen molar-refractivity contribution in [3.8, 4) is 11.5 Å². The lowest BCUT2D eigenvalue weighted by atomic mass is 10.0. The lowest BCUT2D eigenvalue weighted by Crippen LogP contribution is -2.71. The fraction of sp³-hybridized carbons (Fsp3) is 0.310. The largest absolute Gasteiger partial charge is 0.504 e. The van der Waals surface area contributed by atoms with Gasteiger partial charge < -0.3 is 46.2 Å². The van der Waals surface area contributed by atoms with Crippen molar-refractivity contribution >= 4 is 86.1 Å². The van der Waals surface area contributed by atoms with Gasteiger partial charge in [-0.25, -0.2) is 14.6 Å². The number of carbonyl (C=O) groups excluding carboxylic acids is 3. The number of halogens is 1. The number of fused-ring (bicyclic) bond motifs is 2. The summed E-state index contributed by atoms with van der Waals surface area (Å²) in [7, 11) is 0. The fourth-order valence-electron chi connectivity index (χ4n) is 5.01. The number of aliphatic carboxylic acids is 2. The molecule has 0 spiro atoms. The van der Waals surface area contributed by atoms with E-state index >= 15 is 0 Å². The molecule has 4 heterocycles. The number of β-lactam (4-membered cyclic amide) rings is 1. The van der Waals surface area contributed by atoms with Crippen molar-refractivity contribution in [1.82, 2.24) is 25.1 Å². The minimum absolute atomic E-state index is 0.00189. The summed E-state index contributed by atoms with van der Waals surface area (Å²) >= 11 is 8.21. The van der Waals surface area contributed by atoms with E-state index in [1.165, 1.54) is 30.0 Å². The zero-order valence-electron chi connectivity index (χ0n) is 26.2. The van der Waals surface area contributed by atoms with Gasteiger partial charge in [-0.1, -0.05) is 16.8 Å². The number of nitrogens with one attached hydrogen (secondary N) is 2. The molecule has 0 saturated carbocycles. The molecule has 0 unspecified atom stereocenters. The second kappa shape index (κ2) is 13.5. The average Bonchev–Trinajstić information content (AvgIpc) is 3.49. The molecule has 21 heteroatoms. The maximum absolute atomic E-state index is 13.3. The highest BCUT2D eigenvalue weighted by atomic mass is 35.5. The van der Waals surface area contributed by atoms with Crippen LogP contribution in [0.3, 0.4) is 0 Å². The number of nitrogens with two attached hydrogens (primary N) is 1. The number of phenols is 2. The second-order valence-corrected chi connectivity index (χ2v) is 13.7. The number of thioether (sulfide) groups is 1. The Bertz CT molecular complexity index is 2110. The number of pyridine rings is 1. The lowest BCUT2D eigenvalue weighted by molar-refractivity contribution is -0.161. The average molecular weight is 750 g/mol. The van der Waals surface area contributed by atoms with E-state index in [4.69, 9.17) is 22.2 Å². The van der Waals surface area contributed by atoms with Crippen molar-refractivity contribution in [3.05, 3.63) is 55.4 Å². The van der Waals surface area contributed by atoms with Crippen LogP contribution in [0.15, 0.2) is 38.9 Å². The number of oxime groups is 1. The SMILES string of the molecule is CCn1cc(C(=O)NCC2=C(C(=O)O)N3C(=O)[C@@H](NC(=O)/C(=N\OC(C)(C)C(=O)O)c4csc(N)n4)[C@H]3SC2)c(=O)c2c(Cl)c(O)c(O)cc21. The number of carbonyl (C=O) groups is 5. The highest BCUT2D eigenvalue weighted by molar-refractivity contribution is 8.00. The minimum Gasteiger partial charge on any atom is -0.504 e. The number of rotatable bonds is 11. The smallest absolute Gasteiger partial charge is 0.352 e. The Kier molecular flexibility index (Phi) is 9.72. The van der Waals surface area contributed by atoms with E-state index in [-0.39, 0.29) is 51.7 Å². The third-order valence-corrected chi connectivity index (χ3v) is 10.1. The summed E-state index contributed by atoms with van der Waals surface area (Å²) < 4.78 is 1.46. The molecule has 18 nitrogen and oxygen atoms in total. The molecule has 0 aliphatic carbocycles. The molecule has 3 aromatic rings. The van der Waals surface area contributed by atoms with E-state index < -0.39 is 80.0 Å². The summed E-state index contributed by atoms with van der Waals surface area (Å²) in [6.07, 6.45) is 1.24. The summed E-state index contributed by atoms with van der Waals surface area (Å²) in [6, 6.07) is -0.0868. The van der Waals surface area contributed by atoms with Crippen LogP contribution in [0, 0.1) is 0 Å². The van der Waals surface area contributed by atoms with Gasteiger partial charge in [0.05, 0.1) is 15.9 Å². The van der Waals surface area contributed by atoms with Gasteiger partial charge in [0.2, 0.25) is 11.0 Å².